The number of carbonyl (C=O) groups excluding carboxylic acids is 1. The Bertz CT molecular complexity index is 358. The van der Waals surface area contributed by atoms with E-state index < -0.39 is 0 Å². The van der Waals surface area contributed by atoms with Crippen LogP contribution in [0.4, 0.5) is 0 Å². The van der Waals surface area contributed by atoms with Crippen molar-refractivity contribution in [2.24, 2.45) is 5.41 Å². The molecule has 0 aliphatic carbocycles. The van der Waals surface area contributed by atoms with E-state index in [4.69, 9.17) is 4.74 Å². The number of likely N-dealkylation sites (N-methyl/N-ethyl adjacent to an activating group) is 1. The maximum Gasteiger partial charge on any atom is 0.223 e. The largest absolute Gasteiger partial charge is 0.376 e. The fraction of sp³-hybridized carbons (Fsp3) is 0.941. The number of hydrogen-bond donors (Lipinski definition) is 0. The Labute approximate surface area is 129 Å². The Kier molecular flexibility index (Phi) is 5.31. The Morgan fingerprint density at radius 3 is 2.43 bits per heavy atom. The summed E-state index contributed by atoms with van der Waals surface area (Å²) in [5, 5.41) is 0. The first-order valence-corrected chi connectivity index (χ1v) is 8.46. The summed E-state index contributed by atoms with van der Waals surface area (Å²) in [6.07, 6.45) is 5.03. The summed E-state index contributed by atoms with van der Waals surface area (Å²) in [6.45, 7) is 11.1. The molecule has 0 aromatic rings. The van der Waals surface area contributed by atoms with Gasteiger partial charge in [-0.15, -0.1) is 0 Å². The molecule has 21 heavy (non-hydrogen) atoms. The molecule has 122 valence electrons. The predicted molar refractivity (Wildman–Crippen MR) is 85.3 cm³/mol. The smallest absolute Gasteiger partial charge is 0.223 e. The SMILES string of the molecule is CCCC1(CC(=O)N2CCN(C)CC2)CCOC(C)(C)C1. The number of piperazine rings is 1. The van der Waals surface area contributed by atoms with Gasteiger partial charge in [0.25, 0.3) is 0 Å². The summed E-state index contributed by atoms with van der Waals surface area (Å²) in [5.41, 5.74) is 0.0623. The summed E-state index contributed by atoms with van der Waals surface area (Å²) in [5.74, 6) is 0.356. The Morgan fingerprint density at radius 1 is 1.19 bits per heavy atom. The van der Waals surface area contributed by atoms with Gasteiger partial charge in [0.05, 0.1) is 5.60 Å². The first-order valence-electron chi connectivity index (χ1n) is 8.46. The second-order valence-electron chi connectivity index (χ2n) is 7.65. The van der Waals surface area contributed by atoms with E-state index in [-0.39, 0.29) is 11.0 Å². The minimum Gasteiger partial charge on any atom is -0.376 e. The second-order valence-corrected chi connectivity index (χ2v) is 7.65. The summed E-state index contributed by atoms with van der Waals surface area (Å²) in [7, 11) is 2.13. The lowest BCUT2D eigenvalue weighted by Gasteiger charge is -2.46. The lowest BCUT2D eigenvalue weighted by atomic mass is 9.69. The minimum absolute atomic E-state index is 0.0875. The molecular weight excluding hydrogens is 264 g/mol. The predicted octanol–water partition coefficient (Wildman–Crippen LogP) is 2.53. The second kappa shape index (κ2) is 6.66. The zero-order valence-corrected chi connectivity index (χ0v) is 14.3. The van der Waals surface area contributed by atoms with Crippen LogP contribution in [0.3, 0.4) is 0 Å². The van der Waals surface area contributed by atoms with E-state index in [9.17, 15) is 4.79 Å². The average Bonchev–Trinajstić information content (AvgIpc) is 2.38. The van der Waals surface area contributed by atoms with E-state index >= 15 is 0 Å². The summed E-state index contributed by atoms with van der Waals surface area (Å²) in [6, 6.07) is 0. The Balaban J connectivity index is 2.00. The lowest BCUT2D eigenvalue weighted by Crippen LogP contribution is -2.50. The van der Waals surface area contributed by atoms with Gasteiger partial charge in [0.2, 0.25) is 5.91 Å². The van der Waals surface area contributed by atoms with Gasteiger partial charge >= 0.3 is 0 Å². The fourth-order valence-corrected chi connectivity index (χ4v) is 4.06. The monoisotopic (exact) mass is 296 g/mol. The topological polar surface area (TPSA) is 32.8 Å². The number of ether oxygens (including phenoxy) is 1. The molecule has 2 aliphatic rings. The van der Waals surface area contributed by atoms with Crippen molar-refractivity contribution in [3.63, 3.8) is 0 Å². The molecular formula is C17H32N2O2. The normalized spacial score (nSPS) is 30.4. The molecule has 1 atom stereocenters. The highest BCUT2D eigenvalue weighted by molar-refractivity contribution is 5.77. The van der Waals surface area contributed by atoms with Crippen molar-refractivity contribution in [3.05, 3.63) is 0 Å². The molecule has 1 unspecified atom stereocenters. The molecule has 0 aromatic carbocycles. The van der Waals surface area contributed by atoms with E-state index in [0.29, 0.717) is 12.3 Å². The maximum absolute atomic E-state index is 12.7. The first-order chi connectivity index (χ1) is 9.86. The zero-order chi connectivity index (χ0) is 15.5. The first kappa shape index (κ1) is 16.8. The number of amides is 1. The highest BCUT2D eigenvalue weighted by atomic mass is 16.5. The van der Waals surface area contributed by atoms with E-state index in [1.54, 1.807) is 0 Å². The van der Waals surface area contributed by atoms with Gasteiger partial charge in [0.15, 0.2) is 0 Å². The van der Waals surface area contributed by atoms with Crippen LogP contribution in [0.25, 0.3) is 0 Å². The van der Waals surface area contributed by atoms with Crippen molar-refractivity contribution in [2.45, 2.75) is 58.5 Å². The third-order valence-electron chi connectivity index (χ3n) is 5.09. The van der Waals surface area contributed by atoms with Gasteiger partial charge in [0.1, 0.15) is 0 Å². The van der Waals surface area contributed by atoms with Gasteiger partial charge in [-0.3, -0.25) is 4.79 Å². The van der Waals surface area contributed by atoms with Crippen LogP contribution in [-0.2, 0) is 9.53 Å². The molecule has 0 radical (unpaired) electrons. The summed E-state index contributed by atoms with van der Waals surface area (Å²) < 4.78 is 5.88. The third-order valence-corrected chi connectivity index (χ3v) is 5.09. The number of rotatable bonds is 4. The number of carbonyl (C=O) groups is 1. The quantitative estimate of drug-likeness (QED) is 0.799. The fourth-order valence-electron chi connectivity index (χ4n) is 4.06. The van der Waals surface area contributed by atoms with Crippen LogP contribution in [0.15, 0.2) is 0 Å². The van der Waals surface area contributed by atoms with Crippen LogP contribution >= 0.6 is 0 Å². The van der Waals surface area contributed by atoms with Gasteiger partial charge < -0.3 is 14.5 Å². The van der Waals surface area contributed by atoms with Gasteiger partial charge in [-0.2, -0.15) is 0 Å². The van der Waals surface area contributed by atoms with Crippen molar-refractivity contribution in [3.8, 4) is 0 Å². The molecule has 0 saturated carbocycles. The molecule has 2 heterocycles. The molecule has 4 heteroatoms. The molecule has 2 aliphatic heterocycles. The Morgan fingerprint density at radius 2 is 1.86 bits per heavy atom. The molecule has 4 nitrogen and oxygen atoms in total. The number of hydrogen-bond acceptors (Lipinski definition) is 3. The van der Waals surface area contributed by atoms with Crippen molar-refractivity contribution in [1.29, 1.82) is 0 Å². The van der Waals surface area contributed by atoms with Crippen molar-refractivity contribution in [2.75, 3.05) is 39.8 Å². The molecule has 2 rings (SSSR count). The standard InChI is InChI=1S/C17H32N2O2/c1-5-6-17(7-12-21-16(2,3)14-17)13-15(20)19-10-8-18(4)9-11-19/h5-14H2,1-4H3. The summed E-state index contributed by atoms with van der Waals surface area (Å²) in [4.78, 5) is 17.1. The highest BCUT2D eigenvalue weighted by Gasteiger charge is 2.42. The van der Waals surface area contributed by atoms with Gasteiger partial charge in [-0.25, -0.2) is 0 Å². The van der Waals surface area contributed by atoms with E-state index in [0.717, 1.165) is 58.5 Å². The third kappa shape index (κ3) is 4.43. The van der Waals surface area contributed by atoms with Crippen LogP contribution in [0, 0.1) is 5.41 Å². The lowest BCUT2D eigenvalue weighted by molar-refractivity contribution is -0.144. The molecule has 0 bridgehead atoms. The minimum atomic E-state index is -0.0875. The van der Waals surface area contributed by atoms with Crippen molar-refractivity contribution in [1.82, 2.24) is 9.80 Å². The zero-order valence-electron chi connectivity index (χ0n) is 14.3. The van der Waals surface area contributed by atoms with E-state index in [2.05, 4.69) is 37.6 Å². The molecule has 0 spiro atoms. The molecule has 2 saturated heterocycles. The van der Waals surface area contributed by atoms with Crippen LogP contribution < -0.4 is 0 Å². The van der Waals surface area contributed by atoms with Crippen LogP contribution in [0.2, 0.25) is 0 Å². The van der Waals surface area contributed by atoms with E-state index in [1.807, 2.05) is 0 Å². The number of nitrogens with zero attached hydrogens (tertiary/aromatic N) is 2. The molecule has 0 N–H and O–H groups in total. The van der Waals surface area contributed by atoms with Gasteiger partial charge in [0, 0.05) is 39.2 Å². The van der Waals surface area contributed by atoms with Crippen LogP contribution in [0.5, 0.6) is 0 Å². The van der Waals surface area contributed by atoms with Crippen molar-refractivity contribution >= 4 is 5.91 Å². The van der Waals surface area contributed by atoms with Gasteiger partial charge in [-0.1, -0.05) is 13.3 Å². The highest BCUT2D eigenvalue weighted by Crippen LogP contribution is 2.45. The maximum atomic E-state index is 12.7. The Hall–Kier alpha value is -0.610. The van der Waals surface area contributed by atoms with Crippen molar-refractivity contribution < 1.29 is 9.53 Å². The molecule has 2 fully saturated rings. The molecule has 0 aromatic heterocycles. The van der Waals surface area contributed by atoms with Crippen LogP contribution in [0.1, 0.15) is 52.9 Å². The van der Waals surface area contributed by atoms with E-state index in [1.165, 1.54) is 0 Å². The molecule has 1 amide bonds. The average molecular weight is 296 g/mol. The van der Waals surface area contributed by atoms with Crippen LogP contribution in [-0.4, -0.2) is 61.1 Å². The summed E-state index contributed by atoms with van der Waals surface area (Å²) >= 11 is 0. The van der Waals surface area contributed by atoms with Gasteiger partial charge in [-0.05, 0) is 45.6 Å².